The van der Waals surface area contributed by atoms with Crippen LogP contribution in [0.1, 0.15) is 21.6 Å². The number of hydrazone groups is 1. The van der Waals surface area contributed by atoms with Crippen molar-refractivity contribution in [3.63, 3.8) is 0 Å². The van der Waals surface area contributed by atoms with Gasteiger partial charge in [-0.05, 0) is 29.8 Å². The van der Waals surface area contributed by atoms with E-state index in [0.29, 0.717) is 17.1 Å². The van der Waals surface area contributed by atoms with E-state index in [-0.39, 0.29) is 5.91 Å². The molecule has 0 unspecified atom stereocenters. The number of aryl methyl sites for hydroxylation is 1. The van der Waals surface area contributed by atoms with Gasteiger partial charge in [0.2, 0.25) is 0 Å². The molecule has 0 bridgehead atoms. The van der Waals surface area contributed by atoms with E-state index in [1.165, 1.54) is 5.56 Å². The molecule has 4 aromatic rings. The van der Waals surface area contributed by atoms with Crippen LogP contribution in [-0.4, -0.2) is 29.4 Å². The molecule has 6 heteroatoms. The van der Waals surface area contributed by atoms with Crippen molar-refractivity contribution in [3.05, 3.63) is 83.6 Å². The molecule has 0 fully saturated rings. The Kier molecular flexibility index (Phi) is 5.07. The van der Waals surface area contributed by atoms with Gasteiger partial charge in [0.15, 0.2) is 0 Å². The maximum Gasteiger partial charge on any atom is 0.289 e. The van der Waals surface area contributed by atoms with Crippen LogP contribution in [-0.2, 0) is 0 Å². The van der Waals surface area contributed by atoms with Gasteiger partial charge in [0, 0.05) is 11.1 Å². The van der Waals surface area contributed by atoms with Gasteiger partial charge < -0.3 is 4.74 Å². The molecular formula is C23H20N4O2. The van der Waals surface area contributed by atoms with Gasteiger partial charge in [-0.1, -0.05) is 60.2 Å². The summed E-state index contributed by atoms with van der Waals surface area (Å²) in [6.07, 6.45) is 1.59. The van der Waals surface area contributed by atoms with Crippen molar-refractivity contribution < 1.29 is 9.53 Å². The monoisotopic (exact) mass is 384 g/mol. The lowest BCUT2D eigenvalue weighted by molar-refractivity contribution is 0.0950. The van der Waals surface area contributed by atoms with Crippen molar-refractivity contribution in [2.45, 2.75) is 6.92 Å². The van der Waals surface area contributed by atoms with E-state index >= 15 is 0 Å². The molecule has 0 saturated carbocycles. The molecule has 6 nitrogen and oxygen atoms in total. The van der Waals surface area contributed by atoms with Crippen molar-refractivity contribution in [2.75, 3.05) is 7.11 Å². The summed E-state index contributed by atoms with van der Waals surface area (Å²) in [5.41, 5.74) is 6.49. The first-order valence-electron chi connectivity index (χ1n) is 9.17. The number of H-pyrrole nitrogens is 1. The molecule has 0 saturated heterocycles. The zero-order chi connectivity index (χ0) is 20.2. The van der Waals surface area contributed by atoms with E-state index in [9.17, 15) is 4.79 Å². The van der Waals surface area contributed by atoms with E-state index in [4.69, 9.17) is 4.74 Å². The van der Waals surface area contributed by atoms with Gasteiger partial charge in [-0.3, -0.25) is 9.89 Å². The third-order valence-corrected chi connectivity index (χ3v) is 4.68. The summed E-state index contributed by atoms with van der Waals surface area (Å²) in [5.74, 6) is 0.316. The first kappa shape index (κ1) is 18.4. The lowest BCUT2D eigenvalue weighted by Crippen LogP contribution is -2.18. The number of amides is 1. The molecule has 2 N–H and O–H groups in total. The molecule has 144 valence electrons. The Morgan fingerprint density at radius 3 is 2.69 bits per heavy atom. The minimum atomic E-state index is -0.369. The SMILES string of the molecule is COc1ccc2ccccc2c1/C=N/NC(=O)c1cc(-c2ccc(C)cc2)n[nH]1. The standard InChI is InChI=1S/C23H20N4O2/c1-15-7-9-17(10-8-15)20-13-21(26-25-20)23(28)27-24-14-19-18-6-4-3-5-16(18)11-12-22(19)29-2/h3-14H,1-2H3,(H,25,26)(H,27,28)/b24-14+. The molecule has 1 amide bonds. The summed E-state index contributed by atoms with van der Waals surface area (Å²) in [6.45, 7) is 2.02. The Morgan fingerprint density at radius 2 is 1.90 bits per heavy atom. The van der Waals surface area contributed by atoms with Crippen LogP contribution in [0.15, 0.2) is 71.8 Å². The van der Waals surface area contributed by atoms with Crippen molar-refractivity contribution in [1.29, 1.82) is 0 Å². The highest BCUT2D eigenvalue weighted by Gasteiger charge is 2.11. The van der Waals surface area contributed by atoms with Crippen LogP contribution in [0.4, 0.5) is 0 Å². The second kappa shape index (κ2) is 7.98. The Labute approximate surface area is 168 Å². The zero-order valence-corrected chi connectivity index (χ0v) is 16.1. The average Bonchev–Trinajstić information content (AvgIpc) is 3.24. The lowest BCUT2D eigenvalue weighted by atomic mass is 10.0. The molecule has 0 atom stereocenters. The van der Waals surface area contributed by atoms with E-state index in [0.717, 1.165) is 21.9 Å². The summed E-state index contributed by atoms with van der Waals surface area (Å²) < 4.78 is 5.44. The molecule has 0 aliphatic carbocycles. The number of nitrogens with one attached hydrogen (secondary N) is 2. The molecule has 1 aromatic heterocycles. The second-order valence-corrected chi connectivity index (χ2v) is 6.63. The lowest BCUT2D eigenvalue weighted by Gasteiger charge is -2.08. The smallest absolute Gasteiger partial charge is 0.289 e. The van der Waals surface area contributed by atoms with Crippen LogP contribution in [0.2, 0.25) is 0 Å². The minimum absolute atomic E-state index is 0.336. The largest absolute Gasteiger partial charge is 0.496 e. The highest BCUT2D eigenvalue weighted by atomic mass is 16.5. The number of fused-ring (bicyclic) bond motifs is 1. The summed E-state index contributed by atoms with van der Waals surface area (Å²) >= 11 is 0. The summed E-state index contributed by atoms with van der Waals surface area (Å²) in [4.78, 5) is 12.4. The third kappa shape index (κ3) is 3.87. The number of carbonyl (C=O) groups excluding carboxylic acids is 1. The van der Waals surface area contributed by atoms with Crippen LogP contribution < -0.4 is 10.2 Å². The molecule has 0 aliphatic rings. The number of benzene rings is 3. The van der Waals surface area contributed by atoms with Crippen molar-refractivity contribution in [2.24, 2.45) is 5.10 Å². The van der Waals surface area contributed by atoms with Gasteiger partial charge >= 0.3 is 0 Å². The number of rotatable bonds is 5. The molecule has 0 aliphatic heterocycles. The number of aromatic amines is 1. The Balaban J connectivity index is 1.53. The average molecular weight is 384 g/mol. The molecule has 4 rings (SSSR count). The molecule has 3 aromatic carbocycles. The van der Waals surface area contributed by atoms with E-state index < -0.39 is 0 Å². The fraction of sp³-hybridized carbons (Fsp3) is 0.0870. The zero-order valence-electron chi connectivity index (χ0n) is 16.1. The van der Waals surface area contributed by atoms with Crippen molar-refractivity contribution >= 4 is 22.9 Å². The maximum atomic E-state index is 12.4. The first-order chi connectivity index (χ1) is 14.2. The quantitative estimate of drug-likeness (QED) is 0.397. The number of ether oxygens (including phenoxy) is 1. The van der Waals surface area contributed by atoms with Crippen LogP contribution in [0.25, 0.3) is 22.0 Å². The first-order valence-corrected chi connectivity index (χ1v) is 9.17. The minimum Gasteiger partial charge on any atom is -0.496 e. The van der Waals surface area contributed by atoms with Gasteiger partial charge in [-0.15, -0.1) is 0 Å². The molecular weight excluding hydrogens is 364 g/mol. The van der Waals surface area contributed by atoms with Gasteiger partial charge in [-0.2, -0.15) is 10.2 Å². The Bertz CT molecular complexity index is 1190. The van der Waals surface area contributed by atoms with Crippen LogP contribution in [0.5, 0.6) is 5.75 Å². The Hall–Kier alpha value is -3.93. The summed E-state index contributed by atoms with van der Waals surface area (Å²) in [6, 6.07) is 21.5. The third-order valence-electron chi connectivity index (χ3n) is 4.68. The van der Waals surface area contributed by atoms with Crippen LogP contribution >= 0.6 is 0 Å². The second-order valence-electron chi connectivity index (χ2n) is 6.63. The Morgan fingerprint density at radius 1 is 1.10 bits per heavy atom. The number of aromatic nitrogens is 2. The van der Waals surface area contributed by atoms with Gasteiger partial charge in [0.1, 0.15) is 11.4 Å². The van der Waals surface area contributed by atoms with Gasteiger partial charge in [-0.25, -0.2) is 5.43 Å². The molecule has 0 spiro atoms. The van der Waals surface area contributed by atoms with Crippen molar-refractivity contribution in [3.8, 4) is 17.0 Å². The fourth-order valence-electron chi connectivity index (χ4n) is 3.11. The highest BCUT2D eigenvalue weighted by Crippen LogP contribution is 2.26. The van der Waals surface area contributed by atoms with E-state index in [2.05, 4.69) is 20.7 Å². The normalized spacial score (nSPS) is 11.1. The number of nitrogens with zero attached hydrogens (tertiary/aromatic N) is 2. The molecule has 1 heterocycles. The highest BCUT2D eigenvalue weighted by molar-refractivity contribution is 6.03. The van der Waals surface area contributed by atoms with Crippen LogP contribution in [0, 0.1) is 6.92 Å². The predicted octanol–water partition coefficient (Wildman–Crippen LogP) is 4.31. The fourth-order valence-corrected chi connectivity index (χ4v) is 3.11. The summed E-state index contributed by atoms with van der Waals surface area (Å²) in [7, 11) is 1.61. The number of hydrogen-bond donors (Lipinski definition) is 2. The summed E-state index contributed by atoms with van der Waals surface area (Å²) in [5, 5.41) is 13.2. The predicted molar refractivity (Wildman–Crippen MR) is 114 cm³/mol. The number of methoxy groups -OCH3 is 1. The van der Waals surface area contributed by atoms with E-state index in [1.54, 1.807) is 19.4 Å². The number of carbonyl (C=O) groups is 1. The van der Waals surface area contributed by atoms with Crippen molar-refractivity contribution in [1.82, 2.24) is 15.6 Å². The maximum absolute atomic E-state index is 12.4. The van der Waals surface area contributed by atoms with E-state index in [1.807, 2.05) is 67.6 Å². The van der Waals surface area contributed by atoms with Crippen LogP contribution in [0.3, 0.4) is 0 Å². The molecule has 29 heavy (non-hydrogen) atoms. The van der Waals surface area contributed by atoms with Gasteiger partial charge in [0.05, 0.1) is 19.0 Å². The number of hydrogen-bond acceptors (Lipinski definition) is 4. The topological polar surface area (TPSA) is 79.4 Å². The molecule has 0 radical (unpaired) electrons. The van der Waals surface area contributed by atoms with Gasteiger partial charge in [0.25, 0.3) is 5.91 Å².